The third-order valence-corrected chi connectivity index (χ3v) is 3.73. The number of para-hydroxylation sites is 1. The first-order valence-corrected chi connectivity index (χ1v) is 7.12. The van der Waals surface area contributed by atoms with Gasteiger partial charge in [-0.15, -0.1) is 0 Å². The molecule has 98 valence electrons. The van der Waals surface area contributed by atoms with Crippen LogP contribution in [0.4, 0.5) is 4.79 Å². The molecule has 0 saturated carbocycles. The van der Waals surface area contributed by atoms with Crippen LogP contribution in [0.1, 0.15) is 25.0 Å². The van der Waals surface area contributed by atoms with E-state index in [1.165, 1.54) is 0 Å². The summed E-state index contributed by atoms with van der Waals surface area (Å²) in [4.78, 5) is 10.9. The maximum atomic E-state index is 10.9. The SMILES string of the molecule is CC1(C)Cc2cccc(CN(SCl)C(=O)O)c2O1. The molecular weight excluding hydrogens is 274 g/mol. The van der Waals surface area contributed by atoms with Gasteiger partial charge in [0.1, 0.15) is 11.4 Å². The Morgan fingerprint density at radius 1 is 1.61 bits per heavy atom. The van der Waals surface area contributed by atoms with E-state index in [-0.39, 0.29) is 12.1 Å². The number of ether oxygens (including phenoxy) is 1. The fraction of sp³-hybridized carbons (Fsp3) is 0.417. The highest BCUT2D eigenvalue weighted by Crippen LogP contribution is 2.38. The first-order chi connectivity index (χ1) is 8.43. The van der Waals surface area contributed by atoms with Gasteiger partial charge >= 0.3 is 6.09 Å². The zero-order valence-corrected chi connectivity index (χ0v) is 11.7. The normalized spacial score (nSPS) is 15.9. The van der Waals surface area contributed by atoms with Crippen LogP contribution in [0.3, 0.4) is 0 Å². The number of fused-ring (bicyclic) bond motifs is 1. The minimum absolute atomic E-state index is 0.211. The van der Waals surface area contributed by atoms with E-state index in [1.807, 2.05) is 32.0 Å². The molecule has 0 spiro atoms. The number of nitrogens with zero attached hydrogens (tertiary/aromatic N) is 1. The van der Waals surface area contributed by atoms with Gasteiger partial charge in [-0.05, 0) is 30.1 Å². The van der Waals surface area contributed by atoms with Crippen molar-refractivity contribution in [2.75, 3.05) is 0 Å². The predicted octanol–water partition coefficient (Wildman–Crippen LogP) is 3.68. The van der Waals surface area contributed by atoms with Crippen LogP contribution in [0.5, 0.6) is 5.75 Å². The molecule has 0 aromatic heterocycles. The van der Waals surface area contributed by atoms with Gasteiger partial charge in [0.25, 0.3) is 0 Å². The highest BCUT2D eigenvalue weighted by atomic mass is 35.7. The second kappa shape index (κ2) is 4.90. The van der Waals surface area contributed by atoms with Crippen molar-refractivity contribution in [1.29, 1.82) is 0 Å². The van der Waals surface area contributed by atoms with Gasteiger partial charge in [-0.2, -0.15) is 0 Å². The number of hydrogen-bond donors (Lipinski definition) is 1. The highest BCUT2D eigenvalue weighted by Gasteiger charge is 2.32. The summed E-state index contributed by atoms with van der Waals surface area (Å²) >= 11 is 0.669. The summed E-state index contributed by atoms with van der Waals surface area (Å²) in [5, 5.41) is 8.97. The van der Waals surface area contributed by atoms with Gasteiger partial charge in [-0.3, -0.25) is 0 Å². The van der Waals surface area contributed by atoms with Crippen LogP contribution in [0.2, 0.25) is 0 Å². The number of carbonyl (C=O) groups is 1. The molecule has 6 heteroatoms. The predicted molar refractivity (Wildman–Crippen MR) is 71.9 cm³/mol. The van der Waals surface area contributed by atoms with Gasteiger partial charge < -0.3 is 9.84 Å². The second-order valence-electron chi connectivity index (χ2n) is 4.83. The van der Waals surface area contributed by atoms with Gasteiger partial charge in [0.2, 0.25) is 0 Å². The Kier molecular flexibility index (Phi) is 3.64. The number of halogens is 1. The Bertz CT molecular complexity index is 478. The minimum atomic E-state index is -1.06. The van der Waals surface area contributed by atoms with E-state index in [2.05, 4.69) is 0 Å². The van der Waals surface area contributed by atoms with Crippen LogP contribution in [0, 0.1) is 0 Å². The Hall–Kier alpha value is -1.07. The highest BCUT2D eigenvalue weighted by molar-refractivity contribution is 8.19. The van der Waals surface area contributed by atoms with Crippen molar-refractivity contribution >= 4 is 27.9 Å². The van der Waals surface area contributed by atoms with Crippen molar-refractivity contribution in [3.63, 3.8) is 0 Å². The van der Waals surface area contributed by atoms with Gasteiger partial charge in [0.05, 0.1) is 17.7 Å². The van der Waals surface area contributed by atoms with Gasteiger partial charge in [0, 0.05) is 12.0 Å². The largest absolute Gasteiger partial charge is 0.487 e. The zero-order chi connectivity index (χ0) is 13.3. The fourth-order valence-corrected chi connectivity index (χ4v) is 2.65. The lowest BCUT2D eigenvalue weighted by atomic mass is 10.0. The molecule has 1 N–H and O–H groups in total. The zero-order valence-electron chi connectivity index (χ0n) is 10.1. The van der Waals surface area contributed by atoms with Crippen molar-refractivity contribution in [3.05, 3.63) is 29.3 Å². The standard InChI is InChI=1S/C12H14ClNO3S/c1-12(2)6-8-4-3-5-9(10(8)17-12)7-14(18-13)11(15)16/h3-5H,6-7H2,1-2H3,(H,15,16). The van der Waals surface area contributed by atoms with E-state index in [0.29, 0.717) is 11.2 Å². The van der Waals surface area contributed by atoms with Gasteiger partial charge in [-0.1, -0.05) is 18.2 Å². The summed E-state index contributed by atoms with van der Waals surface area (Å²) < 4.78 is 6.94. The first-order valence-electron chi connectivity index (χ1n) is 5.52. The quantitative estimate of drug-likeness (QED) is 0.862. The summed E-state index contributed by atoms with van der Waals surface area (Å²) in [6.07, 6.45) is -0.234. The maximum Gasteiger partial charge on any atom is 0.418 e. The van der Waals surface area contributed by atoms with E-state index in [1.54, 1.807) is 0 Å². The molecule has 0 aliphatic carbocycles. The van der Waals surface area contributed by atoms with Crippen LogP contribution in [0.25, 0.3) is 0 Å². The van der Waals surface area contributed by atoms with Crippen molar-refractivity contribution in [2.45, 2.75) is 32.4 Å². The van der Waals surface area contributed by atoms with Crippen molar-refractivity contribution in [2.24, 2.45) is 0 Å². The van der Waals surface area contributed by atoms with E-state index in [9.17, 15) is 4.79 Å². The molecule has 1 aromatic rings. The molecule has 2 rings (SSSR count). The lowest BCUT2D eigenvalue weighted by Gasteiger charge is -2.19. The minimum Gasteiger partial charge on any atom is -0.487 e. The molecule has 1 aliphatic rings. The number of rotatable bonds is 3. The van der Waals surface area contributed by atoms with Crippen LogP contribution < -0.4 is 4.74 Å². The van der Waals surface area contributed by atoms with Gasteiger partial charge in [0.15, 0.2) is 0 Å². The summed E-state index contributed by atoms with van der Waals surface area (Å²) in [6.45, 7) is 4.24. The number of carboxylic acid groups (broad SMARTS) is 1. The van der Waals surface area contributed by atoms with Crippen molar-refractivity contribution in [3.8, 4) is 5.75 Å². The Labute approximate surface area is 115 Å². The van der Waals surface area contributed by atoms with Crippen molar-refractivity contribution < 1.29 is 14.6 Å². The topological polar surface area (TPSA) is 49.8 Å². The first kappa shape index (κ1) is 13.4. The number of amides is 1. The molecule has 1 aliphatic heterocycles. The van der Waals surface area contributed by atoms with Crippen LogP contribution in [-0.4, -0.2) is 21.1 Å². The third kappa shape index (κ3) is 2.67. The van der Waals surface area contributed by atoms with Crippen LogP contribution in [0.15, 0.2) is 18.2 Å². The molecular formula is C12H14ClNO3S. The summed E-state index contributed by atoms with van der Waals surface area (Å²) in [5.74, 6) is 0.791. The molecule has 0 fully saturated rings. The molecule has 0 radical (unpaired) electrons. The molecule has 0 bridgehead atoms. The third-order valence-electron chi connectivity index (χ3n) is 2.78. The second-order valence-corrected chi connectivity index (χ2v) is 5.82. The smallest absolute Gasteiger partial charge is 0.418 e. The molecule has 4 nitrogen and oxygen atoms in total. The van der Waals surface area contributed by atoms with E-state index < -0.39 is 6.09 Å². The van der Waals surface area contributed by atoms with E-state index in [0.717, 1.165) is 27.6 Å². The fourth-order valence-electron chi connectivity index (χ4n) is 2.08. The molecule has 18 heavy (non-hydrogen) atoms. The van der Waals surface area contributed by atoms with E-state index in [4.69, 9.17) is 20.5 Å². The average molecular weight is 288 g/mol. The summed E-state index contributed by atoms with van der Waals surface area (Å²) in [7, 11) is 5.54. The number of hydrogen-bond acceptors (Lipinski definition) is 3. The average Bonchev–Trinajstić information content (AvgIpc) is 2.60. The Morgan fingerprint density at radius 3 is 2.94 bits per heavy atom. The summed E-state index contributed by atoms with van der Waals surface area (Å²) in [5.41, 5.74) is 1.72. The molecule has 0 atom stereocenters. The molecule has 0 saturated heterocycles. The Balaban J connectivity index is 2.27. The molecule has 1 amide bonds. The lowest BCUT2D eigenvalue weighted by Crippen LogP contribution is -2.25. The molecule has 1 aromatic carbocycles. The van der Waals surface area contributed by atoms with Gasteiger partial charge in [-0.25, -0.2) is 9.10 Å². The monoisotopic (exact) mass is 287 g/mol. The maximum absolute atomic E-state index is 10.9. The number of benzene rings is 1. The van der Waals surface area contributed by atoms with Crippen molar-refractivity contribution in [1.82, 2.24) is 4.31 Å². The lowest BCUT2D eigenvalue weighted by molar-refractivity contribution is 0.136. The van der Waals surface area contributed by atoms with E-state index >= 15 is 0 Å². The van der Waals surface area contributed by atoms with Crippen LogP contribution in [-0.2, 0) is 13.0 Å². The molecule has 0 unspecified atom stereocenters. The summed E-state index contributed by atoms with van der Waals surface area (Å²) in [6, 6.07) is 5.79. The Morgan fingerprint density at radius 2 is 2.33 bits per heavy atom. The molecule has 1 heterocycles. The van der Waals surface area contributed by atoms with Crippen LogP contribution >= 0.6 is 21.8 Å².